The fraction of sp³-hybridized carbons (Fsp3) is 0.111. The lowest BCUT2D eigenvalue weighted by molar-refractivity contribution is 0.587. The van der Waals surface area contributed by atoms with E-state index in [1.165, 1.54) is 7.05 Å². The SMILES string of the molecule is CNS(=O)(=O)c1cc(-c2ccc(Nc3ccccc3)nn2)ccc1C. The summed E-state index contributed by atoms with van der Waals surface area (Å²) in [7, 11) is -2.12. The van der Waals surface area contributed by atoms with Crippen molar-refractivity contribution >= 4 is 21.5 Å². The normalized spacial score (nSPS) is 11.3. The number of anilines is 2. The molecule has 0 amide bonds. The molecule has 25 heavy (non-hydrogen) atoms. The van der Waals surface area contributed by atoms with Gasteiger partial charge in [0.15, 0.2) is 5.82 Å². The van der Waals surface area contributed by atoms with Crippen molar-refractivity contribution in [3.8, 4) is 11.3 Å². The Labute approximate surface area is 147 Å². The lowest BCUT2D eigenvalue weighted by Crippen LogP contribution is -2.19. The highest BCUT2D eigenvalue weighted by Gasteiger charge is 2.16. The van der Waals surface area contributed by atoms with Gasteiger partial charge in [-0.1, -0.05) is 30.3 Å². The molecule has 1 heterocycles. The standard InChI is InChI=1S/C18H18N4O2S/c1-13-8-9-14(12-17(13)25(23,24)19-2)16-10-11-18(22-21-16)20-15-6-4-3-5-7-15/h3-12,19H,1-2H3,(H,20,22). The molecule has 0 aliphatic heterocycles. The molecule has 0 radical (unpaired) electrons. The number of para-hydroxylation sites is 1. The molecule has 2 N–H and O–H groups in total. The second-order valence-electron chi connectivity index (χ2n) is 5.48. The van der Waals surface area contributed by atoms with Gasteiger partial charge in [0, 0.05) is 11.3 Å². The number of aromatic nitrogens is 2. The van der Waals surface area contributed by atoms with Crippen molar-refractivity contribution in [2.45, 2.75) is 11.8 Å². The second kappa shape index (κ2) is 7.00. The maximum atomic E-state index is 12.1. The molecule has 0 aliphatic rings. The summed E-state index contributed by atoms with van der Waals surface area (Å²) in [6.45, 7) is 1.76. The average molecular weight is 354 g/mol. The quantitative estimate of drug-likeness (QED) is 0.735. The molecule has 0 unspecified atom stereocenters. The van der Waals surface area contributed by atoms with E-state index in [-0.39, 0.29) is 4.90 Å². The Kier molecular flexibility index (Phi) is 4.78. The van der Waals surface area contributed by atoms with Crippen molar-refractivity contribution in [3.63, 3.8) is 0 Å². The van der Waals surface area contributed by atoms with Crippen molar-refractivity contribution in [1.82, 2.24) is 14.9 Å². The second-order valence-corrected chi connectivity index (χ2v) is 7.34. The smallest absolute Gasteiger partial charge is 0.240 e. The number of hydrogen-bond donors (Lipinski definition) is 2. The van der Waals surface area contributed by atoms with E-state index in [0.717, 1.165) is 5.69 Å². The number of aryl methyl sites for hydroxylation is 1. The Bertz CT molecular complexity index is 972. The minimum absolute atomic E-state index is 0.237. The molecule has 0 atom stereocenters. The number of rotatable bonds is 5. The van der Waals surface area contributed by atoms with Gasteiger partial charge in [-0.05, 0) is 49.9 Å². The van der Waals surface area contributed by atoms with Crippen LogP contribution in [0.1, 0.15) is 5.56 Å². The first-order valence-electron chi connectivity index (χ1n) is 7.70. The van der Waals surface area contributed by atoms with Crippen LogP contribution in [0.2, 0.25) is 0 Å². The highest BCUT2D eigenvalue weighted by atomic mass is 32.2. The van der Waals surface area contributed by atoms with Crippen LogP contribution in [0, 0.1) is 6.92 Å². The first kappa shape index (κ1) is 17.1. The van der Waals surface area contributed by atoms with Crippen LogP contribution in [0.25, 0.3) is 11.3 Å². The molecular weight excluding hydrogens is 336 g/mol. The van der Waals surface area contributed by atoms with E-state index < -0.39 is 10.0 Å². The van der Waals surface area contributed by atoms with E-state index >= 15 is 0 Å². The molecule has 0 bridgehead atoms. The van der Waals surface area contributed by atoms with E-state index in [0.29, 0.717) is 22.6 Å². The van der Waals surface area contributed by atoms with Crippen LogP contribution >= 0.6 is 0 Å². The fourth-order valence-corrected chi connectivity index (χ4v) is 3.38. The van der Waals surface area contributed by atoms with Gasteiger partial charge in [-0.25, -0.2) is 13.1 Å². The fourth-order valence-electron chi connectivity index (χ4n) is 2.38. The molecule has 6 nitrogen and oxygen atoms in total. The molecule has 1 aromatic heterocycles. The van der Waals surface area contributed by atoms with Crippen molar-refractivity contribution in [3.05, 3.63) is 66.2 Å². The molecule has 0 spiro atoms. The predicted molar refractivity (Wildman–Crippen MR) is 98.2 cm³/mol. The number of nitrogens with zero attached hydrogens (tertiary/aromatic N) is 2. The molecule has 2 aromatic carbocycles. The number of hydrogen-bond acceptors (Lipinski definition) is 5. The third-order valence-electron chi connectivity index (χ3n) is 3.75. The maximum absolute atomic E-state index is 12.1. The molecule has 3 rings (SSSR count). The van der Waals surface area contributed by atoms with Crippen LogP contribution in [-0.4, -0.2) is 25.7 Å². The molecule has 7 heteroatoms. The highest BCUT2D eigenvalue weighted by Crippen LogP contribution is 2.24. The minimum atomic E-state index is -3.52. The summed E-state index contributed by atoms with van der Waals surface area (Å²) < 4.78 is 26.6. The van der Waals surface area contributed by atoms with Gasteiger partial charge < -0.3 is 5.32 Å². The maximum Gasteiger partial charge on any atom is 0.240 e. The van der Waals surface area contributed by atoms with Crippen LogP contribution in [0.4, 0.5) is 11.5 Å². The summed E-state index contributed by atoms with van der Waals surface area (Å²) in [5.74, 6) is 0.616. The summed E-state index contributed by atoms with van der Waals surface area (Å²) >= 11 is 0. The average Bonchev–Trinajstić information content (AvgIpc) is 2.63. The Morgan fingerprint density at radius 2 is 1.68 bits per heavy atom. The van der Waals surface area contributed by atoms with Gasteiger partial charge in [0.25, 0.3) is 0 Å². The molecule has 3 aromatic rings. The Morgan fingerprint density at radius 1 is 0.920 bits per heavy atom. The van der Waals surface area contributed by atoms with Gasteiger partial charge >= 0.3 is 0 Å². The zero-order valence-electron chi connectivity index (χ0n) is 13.9. The van der Waals surface area contributed by atoms with Crippen LogP contribution in [0.3, 0.4) is 0 Å². The van der Waals surface area contributed by atoms with Gasteiger partial charge in [0.05, 0.1) is 10.6 Å². The summed E-state index contributed by atoms with van der Waals surface area (Å²) in [5.41, 5.74) is 2.89. The summed E-state index contributed by atoms with van der Waals surface area (Å²) in [6, 6.07) is 18.5. The third-order valence-corrected chi connectivity index (χ3v) is 5.31. The van der Waals surface area contributed by atoms with Gasteiger partial charge in [0.2, 0.25) is 10.0 Å². The van der Waals surface area contributed by atoms with E-state index in [9.17, 15) is 8.42 Å². The lowest BCUT2D eigenvalue weighted by Gasteiger charge is -2.09. The zero-order chi connectivity index (χ0) is 17.9. The van der Waals surface area contributed by atoms with Crippen molar-refractivity contribution < 1.29 is 8.42 Å². The van der Waals surface area contributed by atoms with Crippen LogP contribution in [-0.2, 0) is 10.0 Å². The van der Waals surface area contributed by atoms with Crippen molar-refractivity contribution in [2.24, 2.45) is 0 Å². The summed E-state index contributed by atoms with van der Waals surface area (Å²) in [6.07, 6.45) is 0. The third kappa shape index (κ3) is 3.84. The summed E-state index contributed by atoms with van der Waals surface area (Å²) in [4.78, 5) is 0.237. The van der Waals surface area contributed by atoms with E-state index in [1.807, 2.05) is 36.4 Å². The molecule has 0 fully saturated rings. The first-order chi connectivity index (χ1) is 12.0. The Morgan fingerprint density at radius 3 is 2.32 bits per heavy atom. The molecule has 0 aliphatic carbocycles. The van der Waals surface area contributed by atoms with Gasteiger partial charge in [-0.15, -0.1) is 10.2 Å². The molecular formula is C18H18N4O2S. The van der Waals surface area contributed by atoms with Crippen LogP contribution < -0.4 is 10.0 Å². The monoisotopic (exact) mass is 354 g/mol. The van der Waals surface area contributed by atoms with Crippen molar-refractivity contribution in [2.75, 3.05) is 12.4 Å². The minimum Gasteiger partial charge on any atom is -0.339 e. The molecule has 128 valence electrons. The molecule has 0 saturated heterocycles. The Hall–Kier alpha value is -2.77. The van der Waals surface area contributed by atoms with E-state index in [2.05, 4.69) is 20.2 Å². The van der Waals surface area contributed by atoms with E-state index in [1.54, 1.807) is 31.2 Å². The van der Waals surface area contributed by atoms with Crippen LogP contribution in [0.15, 0.2) is 65.6 Å². The number of nitrogens with one attached hydrogen (secondary N) is 2. The van der Waals surface area contributed by atoms with Gasteiger partial charge in [-0.2, -0.15) is 0 Å². The van der Waals surface area contributed by atoms with Crippen molar-refractivity contribution in [1.29, 1.82) is 0 Å². The van der Waals surface area contributed by atoms with E-state index in [4.69, 9.17) is 0 Å². The first-order valence-corrected chi connectivity index (χ1v) is 9.18. The van der Waals surface area contributed by atoms with Gasteiger partial charge in [-0.3, -0.25) is 0 Å². The summed E-state index contributed by atoms with van der Waals surface area (Å²) in [5, 5.41) is 11.5. The van der Waals surface area contributed by atoms with Gasteiger partial charge in [0.1, 0.15) is 0 Å². The number of benzene rings is 2. The number of sulfonamides is 1. The predicted octanol–water partition coefficient (Wildman–Crippen LogP) is 3.10. The van der Waals surface area contributed by atoms with Crippen LogP contribution in [0.5, 0.6) is 0 Å². The highest BCUT2D eigenvalue weighted by molar-refractivity contribution is 7.89. The largest absolute Gasteiger partial charge is 0.339 e. The zero-order valence-corrected chi connectivity index (χ0v) is 14.7. The Balaban J connectivity index is 1.89. The lowest BCUT2D eigenvalue weighted by atomic mass is 10.1. The topological polar surface area (TPSA) is 84.0 Å². The molecule has 0 saturated carbocycles.